The zero-order valence-corrected chi connectivity index (χ0v) is 17.5. The number of carbonyl (C=O) groups is 1. The minimum Gasteiger partial charge on any atom is -0.490 e. The molecule has 1 atom stereocenters. The standard InChI is InChI=1S/C21H28F2N4O3/c1-14(2)20(15-5-6-16-17(11-15)30-10-4-9-29-16)25-19(28)13-26(3)12-18-24-7-8-27(18)21(22)23/h5-8,11,14,20-21H,4,9-10,12-13H2,1-3H3,(H,25,28). The number of benzene rings is 1. The van der Waals surface area contributed by atoms with Gasteiger partial charge >= 0.3 is 6.55 Å². The molecule has 1 aromatic carbocycles. The first-order valence-corrected chi connectivity index (χ1v) is 10.0. The van der Waals surface area contributed by atoms with Gasteiger partial charge < -0.3 is 14.8 Å². The summed E-state index contributed by atoms with van der Waals surface area (Å²) in [4.78, 5) is 18.3. The van der Waals surface area contributed by atoms with E-state index in [1.165, 1.54) is 12.4 Å². The zero-order chi connectivity index (χ0) is 21.7. The molecule has 1 aliphatic rings. The second-order valence-corrected chi connectivity index (χ2v) is 7.75. The van der Waals surface area contributed by atoms with Gasteiger partial charge in [-0.25, -0.2) is 4.98 Å². The van der Waals surface area contributed by atoms with Crippen LogP contribution in [-0.4, -0.2) is 47.2 Å². The lowest BCUT2D eigenvalue weighted by atomic mass is 9.95. The van der Waals surface area contributed by atoms with Gasteiger partial charge in [0.25, 0.3) is 0 Å². The van der Waals surface area contributed by atoms with Gasteiger partial charge in [0.05, 0.1) is 32.3 Å². The Hall–Kier alpha value is -2.68. The van der Waals surface area contributed by atoms with Gasteiger partial charge in [0.2, 0.25) is 5.91 Å². The number of aromatic nitrogens is 2. The van der Waals surface area contributed by atoms with E-state index >= 15 is 0 Å². The largest absolute Gasteiger partial charge is 0.490 e. The van der Waals surface area contributed by atoms with E-state index < -0.39 is 6.55 Å². The molecule has 0 aliphatic carbocycles. The van der Waals surface area contributed by atoms with Crippen LogP contribution >= 0.6 is 0 Å². The summed E-state index contributed by atoms with van der Waals surface area (Å²) >= 11 is 0. The fraction of sp³-hybridized carbons (Fsp3) is 0.524. The molecule has 0 spiro atoms. The number of halogens is 2. The molecule has 2 aromatic rings. The van der Waals surface area contributed by atoms with Gasteiger partial charge in [0.15, 0.2) is 11.5 Å². The monoisotopic (exact) mass is 422 g/mol. The van der Waals surface area contributed by atoms with E-state index in [-0.39, 0.29) is 36.8 Å². The van der Waals surface area contributed by atoms with Crippen molar-refractivity contribution in [2.24, 2.45) is 5.92 Å². The lowest BCUT2D eigenvalue weighted by Crippen LogP contribution is -2.39. The Labute approximate surface area is 175 Å². The molecule has 0 saturated heterocycles. The van der Waals surface area contributed by atoms with Crippen molar-refractivity contribution in [2.45, 2.75) is 39.4 Å². The van der Waals surface area contributed by atoms with Crippen molar-refractivity contribution in [3.8, 4) is 11.5 Å². The van der Waals surface area contributed by atoms with Gasteiger partial charge in [-0.15, -0.1) is 0 Å². The number of alkyl halides is 2. The molecule has 164 valence electrons. The molecule has 9 heteroatoms. The summed E-state index contributed by atoms with van der Waals surface area (Å²) in [6.07, 6.45) is 3.38. The summed E-state index contributed by atoms with van der Waals surface area (Å²) in [7, 11) is 1.70. The van der Waals surface area contributed by atoms with Crippen LogP contribution < -0.4 is 14.8 Å². The molecule has 30 heavy (non-hydrogen) atoms. The number of carbonyl (C=O) groups excluding carboxylic acids is 1. The van der Waals surface area contributed by atoms with Crippen LogP contribution in [0.2, 0.25) is 0 Å². The minimum atomic E-state index is -2.66. The zero-order valence-electron chi connectivity index (χ0n) is 17.5. The number of hydrogen-bond donors (Lipinski definition) is 1. The maximum absolute atomic E-state index is 13.0. The van der Waals surface area contributed by atoms with Crippen LogP contribution in [0.1, 0.15) is 44.2 Å². The van der Waals surface area contributed by atoms with E-state index in [9.17, 15) is 13.6 Å². The molecule has 1 aliphatic heterocycles. The molecule has 0 radical (unpaired) electrons. The van der Waals surface area contributed by atoms with Crippen LogP contribution in [0.5, 0.6) is 11.5 Å². The highest BCUT2D eigenvalue weighted by molar-refractivity contribution is 5.78. The minimum absolute atomic E-state index is 0.0594. The van der Waals surface area contributed by atoms with Crippen LogP contribution in [0.25, 0.3) is 0 Å². The maximum atomic E-state index is 13.0. The molecule has 7 nitrogen and oxygen atoms in total. The van der Waals surface area contributed by atoms with Crippen LogP contribution in [-0.2, 0) is 11.3 Å². The molecule has 1 N–H and O–H groups in total. The number of fused-ring (bicyclic) bond motifs is 1. The van der Waals surface area contributed by atoms with Gasteiger partial charge in [0.1, 0.15) is 5.82 Å². The summed E-state index contributed by atoms with van der Waals surface area (Å²) < 4.78 is 38.2. The van der Waals surface area contributed by atoms with Crippen molar-refractivity contribution >= 4 is 5.91 Å². The van der Waals surface area contributed by atoms with E-state index in [0.29, 0.717) is 24.7 Å². The van der Waals surface area contributed by atoms with Crippen molar-refractivity contribution in [3.05, 3.63) is 42.0 Å². The average Bonchev–Trinajstić information content (AvgIpc) is 3.01. The number of rotatable bonds is 8. The third-order valence-electron chi connectivity index (χ3n) is 4.90. The Morgan fingerprint density at radius 3 is 2.70 bits per heavy atom. The third-order valence-corrected chi connectivity index (χ3v) is 4.90. The molecule has 1 aromatic heterocycles. The van der Waals surface area contributed by atoms with E-state index in [4.69, 9.17) is 9.47 Å². The number of imidazole rings is 1. The molecule has 3 rings (SSSR count). The van der Waals surface area contributed by atoms with Gasteiger partial charge in [-0.3, -0.25) is 14.3 Å². The number of nitrogens with one attached hydrogen (secondary N) is 1. The number of ether oxygens (including phenoxy) is 2. The Morgan fingerprint density at radius 1 is 1.27 bits per heavy atom. The van der Waals surface area contributed by atoms with E-state index in [1.807, 2.05) is 32.0 Å². The van der Waals surface area contributed by atoms with Crippen molar-refractivity contribution in [3.63, 3.8) is 0 Å². The van der Waals surface area contributed by atoms with Gasteiger partial charge in [-0.05, 0) is 30.7 Å². The van der Waals surface area contributed by atoms with Crippen LogP contribution in [0.15, 0.2) is 30.6 Å². The molecule has 0 fully saturated rings. The quantitative estimate of drug-likeness (QED) is 0.706. The Morgan fingerprint density at radius 2 is 2.00 bits per heavy atom. The predicted molar refractivity (Wildman–Crippen MR) is 108 cm³/mol. The smallest absolute Gasteiger partial charge is 0.319 e. The first-order chi connectivity index (χ1) is 14.3. The molecule has 2 heterocycles. The first kappa shape index (κ1) is 22.0. The summed E-state index contributed by atoms with van der Waals surface area (Å²) in [5.41, 5.74) is 0.929. The summed E-state index contributed by atoms with van der Waals surface area (Å²) in [6.45, 7) is 2.80. The predicted octanol–water partition coefficient (Wildman–Crippen LogP) is 3.38. The molecular weight excluding hydrogens is 394 g/mol. The summed E-state index contributed by atoms with van der Waals surface area (Å²) in [5.74, 6) is 1.55. The third kappa shape index (κ3) is 5.47. The number of nitrogens with zero attached hydrogens (tertiary/aromatic N) is 3. The average molecular weight is 422 g/mol. The fourth-order valence-electron chi connectivity index (χ4n) is 3.41. The van der Waals surface area contributed by atoms with Crippen molar-refractivity contribution in [1.29, 1.82) is 0 Å². The number of hydrogen-bond acceptors (Lipinski definition) is 5. The van der Waals surface area contributed by atoms with Crippen molar-refractivity contribution in [1.82, 2.24) is 19.8 Å². The molecule has 1 unspecified atom stereocenters. The lowest BCUT2D eigenvalue weighted by Gasteiger charge is -2.25. The summed E-state index contributed by atoms with van der Waals surface area (Å²) in [6, 6.07) is 5.50. The number of amides is 1. The topological polar surface area (TPSA) is 68.6 Å². The Bertz CT molecular complexity index is 857. The second kappa shape index (κ2) is 9.88. The highest BCUT2D eigenvalue weighted by atomic mass is 19.3. The highest BCUT2D eigenvalue weighted by Gasteiger charge is 2.22. The van der Waals surface area contributed by atoms with Crippen molar-refractivity contribution < 1.29 is 23.0 Å². The van der Waals surface area contributed by atoms with Crippen LogP contribution in [0.3, 0.4) is 0 Å². The molecule has 0 saturated carbocycles. The molecule has 0 bridgehead atoms. The van der Waals surface area contributed by atoms with Gasteiger partial charge in [-0.2, -0.15) is 8.78 Å². The van der Waals surface area contributed by atoms with Crippen LogP contribution in [0.4, 0.5) is 8.78 Å². The highest BCUT2D eigenvalue weighted by Crippen LogP contribution is 2.34. The van der Waals surface area contributed by atoms with E-state index in [0.717, 1.165) is 16.6 Å². The van der Waals surface area contributed by atoms with Crippen LogP contribution in [0, 0.1) is 5.92 Å². The van der Waals surface area contributed by atoms with Gasteiger partial charge in [0, 0.05) is 18.8 Å². The maximum Gasteiger partial charge on any atom is 0.319 e. The SMILES string of the molecule is CC(C)C(NC(=O)CN(C)Cc1nccn1C(F)F)c1ccc2c(c1)OCCCO2. The first-order valence-electron chi connectivity index (χ1n) is 10.0. The summed E-state index contributed by atoms with van der Waals surface area (Å²) in [5, 5.41) is 3.05. The van der Waals surface area contributed by atoms with E-state index in [1.54, 1.807) is 11.9 Å². The lowest BCUT2D eigenvalue weighted by molar-refractivity contribution is -0.123. The second-order valence-electron chi connectivity index (χ2n) is 7.75. The van der Waals surface area contributed by atoms with Crippen molar-refractivity contribution in [2.75, 3.05) is 26.8 Å². The molecular formula is C21H28F2N4O3. The Balaban J connectivity index is 1.64. The van der Waals surface area contributed by atoms with E-state index in [2.05, 4.69) is 10.3 Å². The fourth-order valence-corrected chi connectivity index (χ4v) is 3.41. The Kier molecular flexibility index (Phi) is 7.25. The number of likely N-dealkylation sites (N-methyl/N-ethyl adjacent to an activating group) is 1. The molecule has 1 amide bonds. The normalized spacial score (nSPS) is 14.8. The van der Waals surface area contributed by atoms with Gasteiger partial charge in [-0.1, -0.05) is 19.9 Å².